The molecule has 0 aliphatic rings. The molecule has 2 aromatic carbocycles. The second-order valence-electron chi connectivity index (χ2n) is 5.09. The highest BCUT2D eigenvalue weighted by molar-refractivity contribution is 7.99. The molecule has 0 fully saturated rings. The topological polar surface area (TPSA) is 41.8 Å². The van der Waals surface area contributed by atoms with Crippen molar-refractivity contribution in [2.24, 2.45) is 5.73 Å². The van der Waals surface area contributed by atoms with E-state index < -0.39 is 0 Å². The second kappa shape index (κ2) is 6.14. The number of H-pyrrole nitrogens is 1. The Hall–Kier alpha value is -1.42. The molecule has 4 heteroatoms. The first kappa shape index (κ1) is 14.5. The maximum atomic E-state index is 6.09. The van der Waals surface area contributed by atoms with Gasteiger partial charge in [0, 0.05) is 31.9 Å². The van der Waals surface area contributed by atoms with Crippen LogP contribution in [0.15, 0.2) is 52.4 Å². The van der Waals surface area contributed by atoms with E-state index >= 15 is 0 Å². The van der Waals surface area contributed by atoms with Crippen LogP contribution >= 0.6 is 23.4 Å². The third-order valence-electron chi connectivity index (χ3n) is 3.46. The Morgan fingerprint density at radius 3 is 2.81 bits per heavy atom. The van der Waals surface area contributed by atoms with Crippen LogP contribution < -0.4 is 5.73 Å². The van der Waals surface area contributed by atoms with Gasteiger partial charge in [-0.05, 0) is 55.8 Å². The van der Waals surface area contributed by atoms with E-state index in [1.807, 2.05) is 12.1 Å². The number of aromatic amines is 1. The van der Waals surface area contributed by atoms with E-state index in [1.54, 1.807) is 11.8 Å². The zero-order valence-corrected chi connectivity index (χ0v) is 13.4. The van der Waals surface area contributed by atoms with Gasteiger partial charge in [0.1, 0.15) is 0 Å². The average molecular weight is 317 g/mol. The molecule has 0 unspecified atom stereocenters. The minimum Gasteiger partial charge on any atom is -0.360 e. The lowest BCUT2D eigenvalue weighted by atomic mass is 10.1. The highest BCUT2D eigenvalue weighted by atomic mass is 35.5. The van der Waals surface area contributed by atoms with E-state index in [1.165, 1.54) is 26.3 Å². The van der Waals surface area contributed by atoms with Gasteiger partial charge < -0.3 is 10.7 Å². The van der Waals surface area contributed by atoms with E-state index in [4.69, 9.17) is 17.3 Å². The van der Waals surface area contributed by atoms with Gasteiger partial charge in [-0.25, -0.2) is 0 Å². The molecule has 0 saturated carbocycles. The van der Waals surface area contributed by atoms with E-state index in [2.05, 4.69) is 42.4 Å². The van der Waals surface area contributed by atoms with Crippen molar-refractivity contribution in [1.82, 2.24) is 4.98 Å². The molecule has 0 bridgehead atoms. The molecule has 0 saturated heterocycles. The number of rotatable bonds is 4. The molecule has 0 aliphatic carbocycles. The Labute approximate surface area is 133 Å². The smallest absolute Gasteiger partial charge is 0.0465 e. The first-order valence-corrected chi connectivity index (χ1v) is 8.11. The number of nitrogens with two attached hydrogens (primary N) is 1. The number of nitrogens with one attached hydrogen (secondary N) is 1. The van der Waals surface area contributed by atoms with Crippen molar-refractivity contribution in [3.63, 3.8) is 0 Å². The maximum Gasteiger partial charge on any atom is 0.0465 e. The number of aryl methyl sites for hydroxylation is 1. The first-order chi connectivity index (χ1) is 10.2. The third kappa shape index (κ3) is 3.10. The zero-order valence-electron chi connectivity index (χ0n) is 11.8. The molecule has 0 atom stereocenters. The van der Waals surface area contributed by atoms with Crippen LogP contribution in [-0.4, -0.2) is 11.5 Å². The van der Waals surface area contributed by atoms with Crippen molar-refractivity contribution in [3.05, 3.63) is 58.7 Å². The van der Waals surface area contributed by atoms with Gasteiger partial charge in [-0.2, -0.15) is 0 Å². The van der Waals surface area contributed by atoms with Crippen LogP contribution in [0.1, 0.15) is 11.1 Å². The molecule has 0 spiro atoms. The summed E-state index contributed by atoms with van der Waals surface area (Å²) >= 11 is 7.86. The molecule has 3 N–H and O–H groups in total. The standard InChI is InChI=1S/C17H17ClN2S/c1-11-2-4-15-14(8-11)17(10-20-15)21-16-5-3-13(18)9-12(16)6-7-19/h2-5,8-10,20H,6-7,19H2,1H3. The summed E-state index contributed by atoms with van der Waals surface area (Å²) in [4.78, 5) is 5.77. The van der Waals surface area contributed by atoms with E-state index in [-0.39, 0.29) is 0 Å². The van der Waals surface area contributed by atoms with E-state index in [0.717, 1.165) is 17.0 Å². The lowest BCUT2D eigenvalue weighted by Crippen LogP contribution is -2.03. The van der Waals surface area contributed by atoms with E-state index in [0.29, 0.717) is 6.54 Å². The third-order valence-corrected chi connectivity index (χ3v) is 4.87. The molecule has 2 nitrogen and oxygen atoms in total. The Morgan fingerprint density at radius 1 is 1.14 bits per heavy atom. The van der Waals surface area contributed by atoms with Crippen LogP contribution in [0.4, 0.5) is 0 Å². The van der Waals surface area contributed by atoms with Gasteiger partial charge in [-0.3, -0.25) is 0 Å². The number of hydrogen-bond acceptors (Lipinski definition) is 2. The molecular formula is C17H17ClN2S. The van der Waals surface area contributed by atoms with Gasteiger partial charge >= 0.3 is 0 Å². The predicted molar refractivity (Wildman–Crippen MR) is 91.4 cm³/mol. The zero-order chi connectivity index (χ0) is 14.8. The highest BCUT2D eigenvalue weighted by Crippen LogP contribution is 2.36. The molecule has 3 rings (SSSR count). The molecule has 3 aromatic rings. The normalized spacial score (nSPS) is 11.2. The van der Waals surface area contributed by atoms with Crippen molar-refractivity contribution in [3.8, 4) is 0 Å². The quantitative estimate of drug-likeness (QED) is 0.727. The lowest BCUT2D eigenvalue weighted by molar-refractivity contribution is 0.944. The molecular weight excluding hydrogens is 300 g/mol. The van der Waals surface area contributed by atoms with Crippen LogP contribution in [-0.2, 0) is 6.42 Å². The monoisotopic (exact) mass is 316 g/mol. The lowest BCUT2D eigenvalue weighted by Gasteiger charge is -2.08. The molecule has 21 heavy (non-hydrogen) atoms. The van der Waals surface area contributed by atoms with Crippen molar-refractivity contribution in [2.45, 2.75) is 23.1 Å². The second-order valence-corrected chi connectivity index (χ2v) is 6.61. The predicted octanol–water partition coefficient (Wildman–Crippen LogP) is 4.78. The number of benzene rings is 2. The van der Waals surface area contributed by atoms with Gasteiger partial charge in [0.2, 0.25) is 0 Å². The molecule has 108 valence electrons. The SMILES string of the molecule is Cc1ccc2[nH]cc(Sc3ccc(Cl)cc3CCN)c2c1. The summed E-state index contributed by atoms with van der Waals surface area (Å²) in [6.45, 7) is 2.74. The summed E-state index contributed by atoms with van der Waals surface area (Å²) in [6, 6.07) is 12.5. The molecule has 0 aliphatic heterocycles. The minimum atomic E-state index is 0.626. The van der Waals surface area contributed by atoms with Gasteiger partial charge in [0.15, 0.2) is 0 Å². The van der Waals surface area contributed by atoms with E-state index in [9.17, 15) is 0 Å². The van der Waals surface area contributed by atoms with Gasteiger partial charge in [-0.15, -0.1) is 0 Å². The summed E-state index contributed by atoms with van der Waals surface area (Å²) in [5.41, 5.74) is 9.34. The largest absolute Gasteiger partial charge is 0.360 e. The van der Waals surface area contributed by atoms with Crippen molar-refractivity contribution in [1.29, 1.82) is 0 Å². The summed E-state index contributed by atoms with van der Waals surface area (Å²) in [5.74, 6) is 0. The van der Waals surface area contributed by atoms with Crippen molar-refractivity contribution >= 4 is 34.3 Å². The number of aromatic nitrogens is 1. The Kier molecular flexibility index (Phi) is 4.24. The van der Waals surface area contributed by atoms with Gasteiger partial charge in [0.25, 0.3) is 0 Å². The van der Waals surface area contributed by atoms with Crippen LogP contribution in [0.3, 0.4) is 0 Å². The Morgan fingerprint density at radius 2 is 2.00 bits per heavy atom. The summed E-state index contributed by atoms with van der Waals surface area (Å²) in [7, 11) is 0. The number of hydrogen-bond donors (Lipinski definition) is 2. The number of fused-ring (bicyclic) bond motifs is 1. The van der Waals surface area contributed by atoms with Crippen LogP contribution in [0.25, 0.3) is 10.9 Å². The van der Waals surface area contributed by atoms with Crippen molar-refractivity contribution < 1.29 is 0 Å². The fourth-order valence-corrected chi connectivity index (χ4v) is 3.67. The Bertz CT molecular complexity index is 780. The first-order valence-electron chi connectivity index (χ1n) is 6.91. The highest BCUT2D eigenvalue weighted by Gasteiger charge is 2.09. The maximum absolute atomic E-state index is 6.09. The van der Waals surface area contributed by atoms with Crippen LogP contribution in [0.2, 0.25) is 5.02 Å². The fraction of sp³-hybridized carbons (Fsp3) is 0.176. The van der Waals surface area contributed by atoms with Crippen LogP contribution in [0, 0.1) is 6.92 Å². The molecule has 1 heterocycles. The minimum absolute atomic E-state index is 0.626. The van der Waals surface area contributed by atoms with Crippen molar-refractivity contribution in [2.75, 3.05) is 6.54 Å². The van der Waals surface area contributed by atoms with Crippen LogP contribution in [0.5, 0.6) is 0 Å². The summed E-state index contributed by atoms with van der Waals surface area (Å²) in [5, 5.41) is 2.02. The Balaban J connectivity index is 2.00. The summed E-state index contributed by atoms with van der Waals surface area (Å²) < 4.78 is 0. The molecule has 0 radical (unpaired) electrons. The van der Waals surface area contributed by atoms with Gasteiger partial charge in [-0.1, -0.05) is 35.0 Å². The molecule has 0 amide bonds. The average Bonchev–Trinajstić information content (AvgIpc) is 2.84. The molecule has 1 aromatic heterocycles. The van der Waals surface area contributed by atoms with Gasteiger partial charge in [0.05, 0.1) is 0 Å². The summed E-state index contributed by atoms with van der Waals surface area (Å²) in [6.07, 6.45) is 2.90. The fourth-order valence-electron chi connectivity index (χ4n) is 2.41. The number of halogens is 1.